The fourth-order valence-electron chi connectivity index (χ4n) is 2.50. The fourth-order valence-corrected chi connectivity index (χ4v) is 2.50. The topological polar surface area (TPSA) is 68.0 Å². The zero-order chi connectivity index (χ0) is 13.2. The van der Waals surface area contributed by atoms with Crippen molar-refractivity contribution in [2.24, 2.45) is 0 Å². The molecule has 0 spiro atoms. The predicted octanol–water partition coefficient (Wildman–Crippen LogP) is 1.56. The minimum absolute atomic E-state index is 0.119. The van der Waals surface area contributed by atoms with Gasteiger partial charge in [-0.25, -0.2) is 0 Å². The zero-order valence-electron chi connectivity index (χ0n) is 10.5. The van der Waals surface area contributed by atoms with Crippen molar-refractivity contribution < 1.29 is 4.79 Å². The molecule has 0 bridgehead atoms. The molecular formula is C15H15N3O. The molecule has 1 aromatic carbocycles. The van der Waals surface area contributed by atoms with Crippen LogP contribution in [0, 0.1) is 0 Å². The van der Waals surface area contributed by atoms with Crippen LogP contribution in [0.3, 0.4) is 0 Å². The largest absolute Gasteiger partial charge is 0.399 e. The van der Waals surface area contributed by atoms with Crippen LogP contribution >= 0.6 is 0 Å². The average Bonchev–Trinajstić information content (AvgIpc) is 2.81. The molecule has 3 rings (SSSR count). The van der Waals surface area contributed by atoms with Gasteiger partial charge in [-0.2, -0.15) is 0 Å². The summed E-state index contributed by atoms with van der Waals surface area (Å²) in [6, 6.07) is 11.4. The lowest BCUT2D eigenvalue weighted by molar-refractivity contribution is 0.0933. The van der Waals surface area contributed by atoms with Gasteiger partial charge in [0.2, 0.25) is 0 Å². The fraction of sp³-hybridized carbons (Fsp3) is 0.200. The minimum atomic E-state index is -0.119. The maximum Gasteiger partial charge on any atom is 0.270 e. The van der Waals surface area contributed by atoms with Gasteiger partial charge < -0.3 is 11.1 Å². The molecule has 1 heterocycles. The SMILES string of the molecule is Nc1ccc2c(c1)CC(NC(=O)c1ccccn1)C2. The van der Waals surface area contributed by atoms with Crippen LogP contribution in [-0.4, -0.2) is 16.9 Å². The number of rotatable bonds is 2. The molecule has 4 heteroatoms. The van der Waals surface area contributed by atoms with Crippen molar-refractivity contribution in [2.75, 3.05) is 5.73 Å². The number of pyridine rings is 1. The van der Waals surface area contributed by atoms with Gasteiger partial charge in [0.15, 0.2) is 0 Å². The number of amides is 1. The van der Waals surface area contributed by atoms with Crippen LogP contribution in [0.5, 0.6) is 0 Å². The van der Waals surface area contributed by atoms with E-state index in [1.165, 1.54) is 11.1 Å². The van der Waals surface area contributed by atoms with Crippen LogP contribution in [0.1, 0.15) is 21.6 Å². The second kappa shape index (κ2) is 4.72. The molecule has 96 valence electrons. The van der Waals surface area contributed by atoms with Gasteiger partial charge in [-0.05, 0) is 48.2 Å². The van der Waals surface area contributed by atoms with Crippen molar-refractivity contribution in [2.45, 2.75) is 18.9 Å². The summed E-state index contributed by atoms with van der Waals surface area (Å²) in [5, 5.41) is 3.02. The standard InChI is InChI=1S/C15H15N3O/c16-12-5-4-10-8-13(9-11(10)7-12)18-15(19)14-3-1-2-6-17-14/h1-7,13H,8-9,16H2,(H,18,19). The van der Waals surface area contributed by atoms with Crippen molar-refractivity contribution in [1.82, 2.24) is 10.3 Å². The average molecular weight is 253 g/mol. The molecule has 19 heavy (non-hydrogen) atoms. The van der Waals surface area contributed by atoms with E-state index in [0.717, 1.165) is 18.5 Å². The number of carbonyl (C=O) groups excluding carboxylic acids is 1. The highest BCUT2D eigenvalue weighted by Crippen LogP contribution is 2.24. The first-order valence-corrected chi connectivity index (χ1v) is 6.31. The van der Waals surface area contributed by atoms with E-state index in [2.05, 4.69) is 10.3 Å². The highest BCUT2D eigenvalue weighted by Gasteiger charge is 2.23. The van der Waals surface area contributed by atoms with E-state index in [4.69, 9.17) is 5.73 Å². The number of fused-ring (bicyclic) bond motifs is 1. The van der Waals surface area contributed by atoms with Gasteiger partial charge in [0.25, 0.3) is 5.91 Å². The zero-order valence-corrected chi connectivity index (χ0v) is 10.5. The minimum Gasteiger partial charge on any atom is -0.399 e. The quantitative estimate of drug-likeness (QED) is 0.798. The Bertz CT molecular complexity index is 610. The molecule has 1 aromatic heterocycles. The number of nitrogens with one attached hydrogen (secondary N) is 1. The molecule has 0 saturated heterocycles. The lowest BCUT2D eigenvalue weighted by Gasteiger charge is -2.11. The van der Waals surface area contributed by atoms with E-state index in [0.29, 0.717) is 5.69 Å². The molecule has 1 aliphatic rings. The maximum atomic E-state index is 12.0. The second-order valence-electron chi connectivity index (χ2n) is 4.82. The van der Waals surface area contributed by atoms with Crippen LogP contribution in [0.25, 0.3) is 0 Å². The highest BCUT2D eigenvalue weighted by molar-refractivity contribution is 5.92. The van der Waals surface area contributed by atoms with Crippen LogP contribution < -0.4 is 11.1 Å². The second-order valence-corrected chi connectivity index (χ2v) is 4.82. The third-order valence-electron chi connectivity index (χ3n) is 3.40. The van der Waals surface area contributed by atoms with Crippen molar-refractivity contribution in [3.05, 3.63) is 59.4 Å². The summed E-state index contributed by atoms with van der Waals surface area (Å²) in [7, 11) is 0. The first kappa shape index (κ1) is 11.7. The molecule has 2 aromatic rings. The van der Waals surface area contributed by atoms with Crippen molar-refractivity contribution >= 4 is 11.6 Å². The Hall–Kier alpha value is -2.36. The summed E-state index contributed by atoms with van der Waals surface area (Å²) in [6.07, 6.45) is 3.31. The summed E-state index contributed by atoms with van der Waals surface area (Å²) in [5.74, 6) is -0.119. The van der Waals surface area contributed by atoms with Crippen LogP contribution in [0.4, 0.5) is 5.69 Å². The molecule has 3 N–H and O–H groups in total. The van der Waals surface area contributed by atoms with Crippen molar-refractivity contribution in [3.8, 4) is 0 Å². The smallest absolute Gasteiger partial charge is 0.270 e. The number of hydrogen-bond donors (Lipinski definition) is 2. The third-order valence-corrected chi connectivity index (χ3v) is 3.40. The van der Waals surface area contributed by atoms with Crippen LogP contribution in [0.15, 0.2) is 42.6 Å². The van der Waals surface area contributed by atoms with Crippen LogP contribution in [-0.2, 0) is 12.8 Å². The number of anilines is 1. The van der Waals surface area contributed by atoms with Crippen molar-refractivity contribution in [3.63, 3.8) is 0 Å². The highest BCUT2D eigenvalue weighted by atomic mass is 16.1. The third kappa shape index (κ3) is 2.42. The van der Waals surface area contributed by atoms with Gasteiger partial charge >= 0.3 is 0 Å². The first-order chi connectivity index (χ1) is 9.22. The number of nitrogens with zero attached hydrogens (tertiary/aromatic N) is 1. The Kier molecular flexibility index (Phi) is 2.91. The number of benzene rings is 1. The Morgan fingerprint density at radius 1 is 1.21 bits per heavy atom. The van der Waals surface area contributed by atoms with Crippen LogP contribution in [0.2, 0.25) is 0 Å². The van der Waals surface area contributed by atoms with E-state index >= 15 is 0 Å². The van der Waals surface area contributed by atoms with Gasteiger partial charge in [0.05, 0.1) is 0 Å². The number of aromatic nitrogens is 1. The molecule has 1 unspecified atom stereocenters. The number of carbonyl (C=O) groups is 1. The van der Waals surface area contributed by atoms with E-state index < -0.39 is 0 Å². The van der Waals surface area contributed by atoms with Crippen molar-refractivity contribution in [1.29, 1.82) is 0 Å². The number of hydrogen-bond acceptors (Lipinski definition) is 3. The Morgan fingerprint density at radius 3 is 2.84 bits per heavy atom. The monoisotopic (exact) mass is 253 g/mol. The molecular weight excluding hydrogens is 238 g/mol. The van der Waals surface area contributed by atoms with E-state index in [1.807, 2.05) is 24.3 Å². The molecule has 4 nitrogen and oxygen atoms in total. The van der Waals surface area contributed by atoms with E-state index in [9.17, 15) is 4.79 Å². The molecule has 0 saturated carbocycles. The summed E-state index contributed by atoms with van der Waals surface area (Å²) in [5.41, 5.74) is 9.49. The Morgan fingerprint density at radius 2 is 2.05 bits per heavy atom. The number of nitrogen functional groups attached to an aromatic ring is 1. The molecule has 0 radical (unpaired) electrons. The summed E-state index contributed by atoms with van der Waals surface area (Å²) < 4.78 is 0. The predicted molar refractivity (Wildman–Crippen MR) is 73.8 cm³/mol. The molecule has 1 atom stereocenters. The summed E-state index contributed by atoms with van der Waals surface area (Å²) in [6.45, 7) is 0. The Balaban J connectivity index is 1.69. The van der Waals surface area contributed by atoms with Gasteiger partial charge in [0, 0.05) is 17.9 Å². The van der Waals surface area contributed by atoms with Gasteiger partial charge in [-0.1, -0.05) is 12.1 Å². The molecule has 0 fully saturated rings. The van der Waals surface area contributed by atoms with Gasteiger partial charge in [-0.3, -0.25) is 9.78 Å². The van der Waals surface area contributed by atoms with E-state index in [1.54, 1.807) is 18.3 Å². The normalized spacial score (nSPS) is 16.9. The molecule has 0 aliphatic heterocycles. The summed E-state index contributed by atoms with van der Waals surface area (Å²) >= 11 is 0. The lowest BCUT2D eigenvalue weighted by Crippen LogP contribution is -2.35. The number of nitrogens with two attached hydrogens (primary N) is 1. The van der Waals surface area contributed by atoms with Gasteiger partial charge in [-0.15, -0.1) is 0 Å². The van der Waals surface area contributed by atoms with Gasteiger partial charge in [0.1, 0.15) is 5.69 Å². The molecule has 1 amide bonds. The first-order valence-electron chi connectivity index (χ1n) is 6.31. The lowest BCUT2D eigenvalue weighted by atomic mass is 10.1. The Labute approximate surface area is 111 Å². The van der Waals surface area contributed by atoms with E-state index in [-0.39, 0.29) is 11.9 Å². The maximum absolute atomic E-state index is 12.0. The molecule has 1 aliphatic carbocycles. The summed E-state index contributed by atoms with van der Waals surface area (Å²) in [4.78, 5) is 16.1.